The smallest absolute Gasteiger partial charge is 0.231 e. The molecule has 1 aromatic carbocycles. The van der Waals surface area contributed by atoms with Crippen molar-refractivity contribution >= 4 is 23.1 Å². The molecule has 6 heteroatoms. The Labute approximate surface area is 145 Å². The third-order valence-electron chi connectivity index (χ3n) is 4.20. The van der Waals surface area contributed by atoms with Crippen molar-refractivity contribution in [3.05, 3.63) is 60.0 Å². The fraction of sp³-hybridized carbons (Fsp3) is 0.158. The van der Waals surface area contributed by atoms with Gasteiger partial charge in [0.05, 0.1) is 6.42 Å². The van der Waals surface area contributed by atoms with Gasteiger partial charge < -0.3 is 10.2 Å². The summed E-state index contributed by atoms with van der Waals surface area (Å²) in [5.74, 6) is 1.46. The Hall–Kier alpha value is -3.28. The lowest BCUT2D eigenvalue weighted by molar-refractivity contribution is -0.117. The van der Waals surface area contributed by atoms with Gasteiger partial charge in [-0.25, -0.2) is 9.97 Å². The van der Waals surface area contributed by atoms with Gasteiger partial charge >= 0.3 is 0 Å². The van der Waals surface area contributed by atoms with Crippen LogP contribution in [0.1, 0.15) is 11.3 Å². The molecular weight excluding hydrogens is 314 g/mol. The quantitative estimate of drug-likeness (QED) is 0.798. The summed E-state index contributed by atoms with van der Waals surface area (Å²) in [6, 6.07) is 11.6. The molecule has 4 rings (SSSR count). The van der Waals surface area contributed by atoms with Gasteiger partial charge in [0.25, 0.3) is 0 Å². The first-order valence-electron chi connectivity index (χ1n) is 8.03. The molecule has 2 aromatic heterocycles. The molecule has 0 atom stereocenters. The van der Waals surface area contributed by atoms with E-state index in [0.717, 1.165) is 28.2 Å². The molecule has 124 valence electrons. The highest BCUT2D eigenvalue weighted by molar-refractivity contribution is 6.01. The predicted octanol–water partition coefficient (Wildman–Crippen LogP) is 3.11. The molecule has 0 saturated heterocycles. The highest BCUT2D eigenvalue weighted by Gasteiger charge is 2.23. The van der Waals surface area contributed by atoms with E-state index in [1.165, 1.54) is 0 Å². The van der Waals surface area contributed by atoms with E-state index in [-0.39, 0.29) is 5.91 Å². The molecule has 0 spiro atoms. The van der Waals surface area contributed by atoms with Crippen LogP contribution in [0.25, 0.3) is 11.4 Å². The topological polar surface area (TPSA) is 71.0 Å². The molecule has 0 bridgehead atoms. The number of pyridine rings is 1. The van der Waals surface area contributed by atoms with E-state index in [4.69, 9.17) is 0 Å². The lowest BCUT2D eigenvalue weighted by atomic mass is 10.1. The zero-order valence-electron chi connectivity index (χ0n) is 14.0. The Bertz CT molecular complexity index is 955. The molecule has 25 heavy (non-hydrogen) atoms. The number of amides is 1. The number of hydrogen-bond acceptors (Lipinski definition) is 5. The largest absolute Gasteiger partial charge is 0.340 e. The van der Waals surface area contributed by atoms with Crippen LogP contribution in [0.15, 0.2) is 48.8 Å². The van der Waals surface area contributed by atoms with Crippen LogP contribution in [0.4, 0.5) is 17.2 Å². The van der Waals surface area contributed by atoms with Crippen molar-refractivity contribution in [1.82, 2.24) is 15.0 Å². The van der Waals surface area contributed by atoms with Crippen molar-refractivity contribution in [2.45, 2.75) is 13.3 Å². The maximum Gasteiger partial charge on any atom is 0.231 e. The fourth-order valence-corrected chi connectivity index (χ4v) is 2.95. The van der Waals surface area contributed by atoms with Crippen LogP contribution in [-0.2, 0) is 11.2 Å². The molecule has 1 amide bonds. The zero-order chi connectivity index (χ0) is 17.4. The molecule has 0 unspecified atom stereocenters. The summed E-state index contributed by atoms with van der Waals surface area (Å²) in [5.41, 5.74) is 4.63. The summed E-state index contributed by atoms with van der Waals surface area (Å²) in [7, 11) is 1.80. The number of benzene rings is 1. The van der Waals surface area contributed by atoms with Crippen molar-refractivity contribution in [3.8, 4) is 11.4 Å². The van der Waals surface area contributed by atoms with Gasteiger partial charge in [0.15, 0.2) is 5.82 Å². The van der Waals surface area contributed by atoms with Gasteiger partial charge in [-0.15, -0.1) is 0 Å². The molecule has 0 radical (unpaired) electrons. The summed E-state index contributed by atoms with van der Waals surface area (Å²) in [6.07, 6.45) is 3.90. The first-order chi connectivity index (χ1) is 12.1. The van der Waals surface area contributed by atoms with Crippen molar-refractivity contribution in [1.29, 1.82) is 0 Å². The normalized spacial score (nSPS) is 13.0. The number of anilines is 3. The lowest BCUT2D eigenvalue weighted by Gasteiger charge is -2.12. The maximum absolute atomic E-state index is 11.8. The van der Waals surface area contributed by atoms with E-state index in [9.17, 15) is 4.79 Å². The Kier molecular flexibility index (Phi) is 3.65. The van der Waals surface area contributed by atoms with Crippen molar-refractivity contribution in [2.24, 2.45) is 0 Å². The van der Waals surface area contributed by atoms with Crippen LogP contribution in [0.2, 0.25) is 0 Å². The van der Waals surface area contributed by atoms with Crippen LogP contribution in [0.5, 0.6) is 0 Å². The second kappa shape index (κ2) is 5.98. The summed E-state index contributed by atoms with van der Waals surface area (Å²) < 4.78 is 0. The predicted molar refractivity (Wildman–Crippen MR) is 96.8 cm³/mol. The summed E-state index contributed by atoms with van der Waals surface area (Å²) in [4.78, 5) is 26.7. The molecule has 0 aliphatic carbocycles. The summed E-state index contributed by atoms with van der Waals surface area (Å²) >= 11 is 0. The maximum atomic E-state index is 11.8. The molecule has 3 aromatic rings. The van der Waals surface area contributed by atoms with E-state index < -0.39 is 0 Å². The van der Waals surface area contributed by atoms with Crippen LogP contribution < -0.4 is 10.2 Å². The SMILES string of the molecule is Cc1cc(Nc2ccc3c(c2)CC(=O)N3C)nc(-c2cccnc2)n1. The highest BCUT2D eigenvalue weighted by Crippen LogP contribution is 2.31. The number of nitrogens with zero attached hydrogens (tertiary/aromatic N) is 4. The summed E-state index contributed by atoms with van der Waals surface area (Å²) in [6.45, 7) is 1.93. The Morgan fingerprint density at radius 1 is 1.16 bits per heavy atom. The lowest BCUT2D eigenvalue weighted by Crippen LogP contribution is -2.20. The molecular formula is C19H17N5O. The van der Waals surface area contributed by atoms with Crippen molar-refractivity contribution in [2.75, 3.05) is 17.3 Å². The molecule has 0 saturated carbocycles. The Morgan fingerprint density at radius 3 is 2.84 bits per heavy atom. The first-order valence-corrected chi connectivity index (χ1v) is 8.03. The average Bonchev–Trinajstić information content (AvgIpc) is 2.89. The second-order valence-electron chi connectivity index (χ2n) is 6.06. The van der Waals surface area contributed by atoms with Crippen molar-refractivity contribution in [3.63, 3.8) is 0 Å². The third kappa shape index (κ3) is 2.94. The Morgan fingerprint density at radius 2 is 2.04 bits per heavy atom. The standard InChI is InChI=1S/C19H17N5O/c1-12-8-17(23-19(21-12)13-4-3-7-20-11-13)22-15-5-6-16-14(9-15)10-18(25)24(16)2/h3-9,11H,10H2,1-2H3,(H,21,22,23). The molecule has 3 heterocycles. The monoisotopic (exact) mass is 331 g/mol. The average molecular weight is 331 g/mol. The van der Waals surface area contributed by atoms with Crippen LogP contribution in [-0.4, -0.2) is 27.9 Å². The van der Waals surface area contributed by atoms with Gasteiger partial charge in [-0.1, -0.05) is 0 Å². The molecule has 1 aliphatic rings. The van der Waals surface area contributed by atoms with E-state index in [1.807, 2.05) is 43.3 Å². The van der Waals surface area contributed by atoms with Crippen LogP contribution in [0, 0.1) is 6.92 Å². The van der Waals surface area contributed by atoms with Crippen LogP contribution in [0.3, 0.4) is 0 Å². The van der Waals surface area contributed by atoms with E-state index in [1.54, 1.807) is 24.3 Å². The molecule has 6 nitrogen and oxygen atoms in total. The van der Waals surface area contributed by atoms with Gasteiger partial charge in [-0.05, 0) is 42.8 Å². The van der Waals surface area contributed by atoms with Crippen LogP contribution >= 0.6 is 0 Å². The zero-order valence-corrected chi connectivity index (χ0v) is 14.0. The number of likely N-dealkylation sites (N-methyl/N-ethyl adjacent to an activating group) is 1. The number of aromatic nitrogens is 3. The molecule has 0 fully saturated rings. The number of hydrogen-bond donors (Lipinski definition) is 1. The minimum Gasteiger partial charge on any atom is -0.340 e. The minimum atomic E-state index is 0.115. The summed E-state index contributed by atoms with van der Waals surface area (Å²) in [5, 5.41) is 3.31. The number of rotatable bonds is 3. The van der Waals surface area contributed by atoms with Gasteiger partial charge in [0.1, 0.15) is 5.82 Å². The van der Waals surface area contributed by atoms with Gasteiger partial charge in [0, 0.05) is 48.1 Å². The first kappa shape index (κ1) is 15.3. The fourth-order valence-electron chi connectivity index (χ4n) is 2.95. The van der Waals surface area contributed by atoms with Crippen molar-refractivity contribution < 1.29 is 4.79 Å². The number of nitrogens with one attached hydrogen (secondary N) is 1. The van der Waals surface area contributed by atoms with Gasteiger partial charge in [0.2, 0.25) is 5.91 Å². The molecule has 1 N–H and O–H groups in total. The van der Waals surface area contributed by atoms with E-state index in [0.29, 0.717) is 18.1 Å². The number of carbonyl (C=O) groups excluding carboxylic acids is 1. The number of carbonyl (C=O) groups is 1. The van der Waals surface area contributed by atoms with E-state index in [2.05, 4.69) is 20.3 Å². The Balaban J connectivity index is 1.65. The van der Waals surface area contributed by atoms with E-state index >= 15 is 0 Å². The molecule has 1 aliphatic heterocycles. The number of fused-ring (bicyclic) bond motifs is 1. The minimum absolute atomic E-state index is 0.115. The second-order valence-corrected chi connectivity index (χ2v) is 6.06. The third-order valence-corrected chi connectivity index (χ3v) is 4.20. The van der Waals surface area contributed by atoms with Gasteiger partial charge in [-0.2, -0.15) is 0 Å². The van der Waals surface area contributed by atoms with Gasteiger partial charge in [-0.3, -0.25) is 9.78 Å². The highest BCUT2D eigenvalue weighted by atomic mass is 16.2. The number of aryl methyl sites for hydroxylation is 1.